The fourth-order valence-corrected chi connectivity index (χ4v) is 9.20. The summed E-state index contributed by atoms with van der Waals surface area (Å²) in [5.74, 6) is 0.729. The first kappa shape index (κ1) is 40.5. The predicted octanol–water partition coefficient (Wildman–Crippen LogP) is 4.41. The third kappa shape index (κ3) is 9.31. The summed E-state index contributed by atoms with van der Waals surface area (Å²) in [5, 5.41) is 21.7. The molecule has 3 N–H and O–H groups in total. The molecule has 4 aliphatic rings. The molecule has 4 aliphatic heterocycles. The van der Waals surface area contributed by atoms with Crippen molar-refractivity contribution >= 4 is 47.1 Å². The molecule has 1 atom stereocenters. The molecule has 0 spiro atoms. The van der Waals surface area contributed by atoms with Crippen LogP contribution in [0.5, 0.6) is 5.75 Å². The second kappa shape index (κ2) is 18.3. The lowest BCUT2D eigenvalue weighted by Crippen LogP contribution is -2.52. The van der Waals surface area contributed by atoms with Crippen LogP contribution in [0.3, 0.4) is 0 Å². The lowest BCUT2D eigenvalue weighted by Gasteiger charge is -2.39. The highest BCUT2D eigenvalue weighted by molar-refractivity contribution is 6.58. The van der Waals surface area contributed by atoms with E-state index in [1.165, 1.54) is 5.57 Å². The third-order valence-corrected chi connectivity index (χ3v) is 12.6. The van der Waals surface area contributed by atoms with Crippen LogP contribution >= 0.6 is 0 Å². The Bertz CT molecular complexity index is 2150. The minimum absolute atomic E-state index is 0.127. The molecule has 8 rings (SSSR count). The van der Waals surface area contributed by atoms with Gasteiger partial charge >= 0.3 is 7.12 Å². The molecule has 3 saturated heterocycles. The Morgan fingerprint density at radius 3 is 2.12 bits per heavy atom. The summed E-state index contributed by atoms with van der Waals surface area (Å²) in [4.78, 5) is 46.4. The van der Waals surface area contributed by atoms with Crippen LogP contribution in [0.15, 0.2) is 97.1 Å². The summed E-state index contributed by atoms with van der Waals surface area (Å²) in [6.45, 7) is 11.4. The molecule has 12 heteroatoms. The molecular formula is C47H54BN5O6. The SMILES string of the molecule is CC/C(=C(/c1ccc(OCCN2CCN(CC3CCN(c4ccc5c(c4)CN([C@@H]4CCC(=O)NC4=O)C5=O)CC3)CC2)cc1)c1ccc(B(O)O)cc1)c1ccccc1. The normalized spacial score (nSPS) is 19.7. The molecule has 3 amide bonds. The zero-order valence-electron chi connectivity index (χ0n) is 33.9. The van der Waals surface area contributed by atoms with Gasteiger partial charge in [0.05, 0.1) is 0 Å². The molecule has 0 radical (unpaired) electrons. The molecule has 3 fully saturated rings. The van der Waals surface area contributed by atoms with Gasteiger partial charge in [0, 0.05) is 76.6 Å². The molecule has 306 valence electrons. The number of nitrogens with one attached hydrogen (secondary N) is 1. The number of imide groups is 1. The van der Waals surface area contributed by atoms with Gasteiger partial charge in [0.25, 0.3) is 5.91 Å². The van der Waals surface area contributed by atoms with E-state index in [0.29, 0.717) is 36.5 Å². The molecule has 0 aromatic heterocycles. The van der Waals surface area contributed by atoms with Gasteiger partial charge in [-0.05, 0) is 101 Å². The van der Waals surface area contributed by atoms with Gasteiger partial charge in [-0.3, -0.25) is 24.6 Å². The lowest BCUT2D eigenvalue weighted by atomic mass is 9.79. The van der Waals surface area contributed by atoms with Crippen LogP contribution in [-0.2, 0) is 16.1 Å². The summed E-state index contributed by atoms with van der Waals surface area (Å²) < 4.78 is 6.25. The van der Waals surface area contributed by atoms with Gasteiger partial charge in [-0.15, -0.1) is 0 Å². The van der Waals surface area contributed by atoms with Gasteiger partial charge in [0.15, 0.2) is 0 Å². The largest absolute Gasteiger partial charge is 0.492 e. The fraction of sp³-hybridized carbons (Fsp3) is 0.383. The van der Waals surface area contributed by atoms with Crippen LogP contribution in [0, 0.1) is 5.92 Å². The number of rotatable bonds is 13. The quantitative estimate of drug-likeness (QED) is 0.103. The number of piperazine rings is 1. The Hall–Kier alpha value is -5.27. The Balaban J connectivity index is 0.785. The first-order valence-electron chi connectivity index (χ1n) is 21.2. The van der Waals surface area contributed by atoms with E-state index in [0.717, 1.165) is 111 Å². The summed E-state index contributed by atoms with van der Waals surface area (Å²) in [7, 11) is -1.50. The Morgan fingerprint density at radius 1 is 0.780 bits per heavy atom. The molecule has 0 unspecified atom stereocenters. The summed E-state index contributed by atoms with van der Waals surface area (Å²) in [6.07, 6.45) is 3.74. The van der Waals surface area contributed by atoms with Crippen LogP contribution < -0.4 is 20.4 Å². The maximum atomic E-state index is 13.1. The summed E-state index contributed by atoms with van der Waals surface area (Å²) in [6, 6.07) is 31.7. The Kier molecular flexibility index (Phi) is 12.6. The molecule has 4 aromatic rings. The molecule has 0 aliphatic carbocycles. The van der Waals surface area contributed by atoms with Gasteiger partial charge in [0.2, 0.25) is 11.8 Å². The molecular weight excluding hydrogens is 741 g/mol. The number of benzene rings is 4. The van der Waals surface area contributed by atoms with E-state index in [1.54, 1.807) is 17.0 Å². The minimum Gasteiger partial charge on any atom is -0.492 e. The van der Waals surface area contributed by atoms with E-state index in [1.807, 2.05) is 42.5 Å². The third-order valence-electron chi connectivity index (χ3n) is 12.6. The van der Waals surface area contributed by atoms with Crippen molar-refractivity contribution in [2.24, 2.45) is 5.92 Å². The average molecular weight is 796 g/mol. The number of allylic oxidation sites excluding steroid dienone is 1. The van der Waals surface area contributed by atoms with E-state index >= 15 is 0 Å². The number of carbonyl (C=O) groups excluding carboxylic acids is 3. The van der Waals surface area contributed by atoms with Crippen LogP contribution in [0.2, 0.25) is 0 Å². The van der Waals surface area contributed by atoms with E-state index in [2.05, 4.69) is 69.4 Å². The van der Waals surface area contributed by atoms with E-state index < -0.39 is 13.2 Å². The highest BCUT2D eigenvalue weighted by Crippen LogP contribution is 2.35. The number of ether oxygens (including phenoxy) is 1. The average Bonchev–Trinajstić information content (AvgIpc) is 3.59. The molecule has 0 bridgehead atoms. The van der Waals surface area contributed by atoms with Crippen molar-refractivity contribution in [2.45, 2.75) is 51.6 Å². The maximum Gasteiger partial charge on any atom is 0.488 e. The second-order valence-corrected chi connectivity index (χ2v) is 16.3. The summed E-state index contributed by atoms with van der Waals surface area (Å²) >= 11 is 0. The van der Waals surface area contributed by atoms with Crippen molar-refractivity contribution in [3.63, 3.8) is 0 Å². The highest BCUT2D eigenvalue weighted by atomic mass is 16.5. The Labute approximate surface area is 347 Å². The van der Waals surface area contributed by atoms with Crippen molar-refractivity contribution < 1.29 is 29.2 Å². The predicted molar refractivity (Wildman–Crippen MR) is 231 cm³/mol. The topological polar surface area (TPSA) is 126 Å². The standard InChI is InChI=1S/C47H54BN5O6/c1-2-41(34-6-4-3-5-7-34)45(35-8-12-38(13-9-35)48(57)58)36-10-15-40(16-11-36)59-29-28-50-24-26-51(27-25-50)31-33-20-22-52(23-21-33)39-14-17-42-37(30-39)32-53(47(42)56)43-18-19-44(54)49-46(43)55/h3-17,30,33,43,57-58H,2,18-29,31-32H2,1H3,(H,49,54,55)/b45-41-/t43-/m1/s1. The van der Waals surface area contributed by atoms with Crippen LogP contribution in [0.25, 0.3) is 11.1 Å². The fourth-order valence-electron chi connectivity index (χ4n) is 9.20. The molecule has 4 aromatic carbocycles. The first-order valence-corrected chi connectivity index (χ1v) is 21.2. The number of anilines is 1. The van der Waals surface area contributed by atoms with Gasteiger partial charge < -0.3 is 29.5 Å². The van der Waals surface area contributed by atoms with E-state index in [9.17, 15) is 24.4 Å². The summed E-state index contributed by atoms with van der Waals surface area (Å²) in [5.41, 5.74) is 8.82. The van der Waals surface area contributed by atoms with Crippen molar-refractivity contribution in [1.82, 2.24) is 20.0 Å². The minimum atomic E-state index is -1.50. The number of fused-ring (bicyclic) bond motifs is 1. The molecule has 4 heterocycles. The number of nitrogens with zero attached hydrogens (tertiary/aromatic N) is 4. The van der Waals surface area contributed by atoms with Crippen molar-refractivity contribution in [3.05, 3.63) is 125 Å². The van der Waals surface area contributed by atoms with Crippen molar-refractivity contribution in [3.8, 4) is 5.75 Å². The van der Waals surface area contributed by atoms with Crippen molar-refractivity contribution in [2.75, 3.05) is 63.9 Å². The Morgan fingerprint density at radius 2 is 1.46 bits per heavy atom. The van der Waals surface area contributed by atoms with Gasteiger partial charge in [-0.1, -0.05) is 73.7 Å². The first-order chi connectivity index (χ1) is 28.7. The van der Waals surface area contributed by atoms with Crippen LogP contribution in [-0.4, -0.2) is 115 Å². The van der Waals surface area contributed by atoms with Gasteiger partial charge in [-0.2, -0.15) is 0 Å². The zero-order valence-corrected chi connectivity index (χ0v) is 33.9. The number of hydrogen-bond donors (Lipinski definition) is 3. The van der Waals surface area contributed by atoms with Gasteiger partial charge in [0.1, 0.15) is 18.4 Å². The molecule has 59 heavy (non-hydrogen) atoms. The van der Waals surface area contributed by atoms with Crippen molar-refractivity contribution in [1.29, 1.82) is 0 Å². The zero-order chi connectivity index (χ0) is 40.9. The highest BCUT2D eigenvalue weighted by Gasteiger charge is 2.39. The number of amides is 3. The number of hydrogen-bond acceptors (Lipinski definition) is 9. The second-order valence-electron chi connectivity index (χ2n) is 16.3. The maximum absolute atomic E-state index is 13.1. The van der Waals surface area contributed by atoms with Crippen LogP contribution in [0.1, 0.15) is 71.6 Å². The van der Waals surface area contributed by atoms with Gasteiger partial charge in [-0.25, -0.2) is 0 Å². The number of piperidine rings is 2. The lowest BCUT2D eigenvalue weighted by molar-refractivity contribution is -0.136. The van der Waals surface area contributed by atoms with E-state index in [-0.39, 0.29) is 24.1 Å². The molecule has 11 nitrogen and oxygen atoms in total. The monoisotopic (exact) mass is 795 g/mol. The molecule has 0 saturated carbocycles. The smallest absolute Gasteiger partial charge is 0.488 e. The number of carbonyl (C=O) groups is 3. The van der Waals surface area contributed by atoms with E-state index in [4.69, 9.17) is 4.74 Å². The van der Waals surface area contributed by atoms with Crippen LogP contribution in [0.4, 0.5) is 5.69 Å².